The average Bonchev–Trinajstić information content (AvgIpc) is 2.99. The van der Waals surface area contributed by atoms with Gasteiger partial charge in [-0.15, -0.1) is 0 Å². The maximum Gasteiger partial charge on any atom is 0.306 e. The smallest absolute Gasteiger partial charge is 0.306 e. The molecule has 1 atom stereocenters. The summed E-state index contributed by atoms with van der Waals surface area (Å²) in [7, 11) is 0. The summed E-state index contributed by atoms with van der Waals surface area (Å²) in [6.07, 6.45) is 35.1. The summed E-state index contributed by atoms with van der Waals surface area (Å²) < 4.78 is 5.72. The van der Waals surface area contributed by atoms with Crippen LogP contribution in [0.25, 0.3) is 0 Å². The highest BCUT2D eigenvalue weighted by Gasteiger charge is 2.39. The molecule has 0 aliphatic heterocycles. The standard InChI is InChI=1S/C41H62O4/c1-8-9-10-11-12-13-14-15-16-17-18-19-20-28-39(43)45-38-31-41(6,7)37(36(5)40(38)44)30-29-34(3)27-23-26-33(2)24-21-22-25-35(4)32-42/h21-27,29-30,32,38H,8-20,28,31H2,1-7H3/t38-/m0/s1. The molecule has 0 amide bonds. The highest BCUT2D eigenvalue weighted by Crippen LogP contribution is 2.41. The van der Waals surface area contributed by atoms with Crippen molar-refractivity contribution in [3.8, 4) is 0 Å². The van der Waals surface area contributed by atoms with Gasteiger partial charge in [0.2, 0.25) is 0 Å². The minimum Gasteiger partial charge on any atom is -0.454 e. The molecule has 250 valence electrons. The second kappa shape index (κ2) is 23.3. The first-order chi connectivity index (χ1) is 21.5. The zero-order valence-corrected chi connectivity index (χ0v) is 29.6. The van der Waals surface area contributed by atoms with Gasteiger partial charge in [-0.1, -0.05) is 164 Å². The molecule has 0 saturated carbocycles. The molecule has 1 aliphatic carbocycles. The van der Waals surface area contributed by atoms with E-state index in [1.54, 1.807) is 13.0 Å². The molecule has 1 aliphatic rings. The third-order valence-electron chi connectivity index (χ3n) is 8.50. The van der Waals surface area contributed by atoms with Crippen molar-refractivity contribution in [3.63, 3.8) is 0 Å². The third kappa shape index (κ3) is 17.9. The second-order valence-corrected chi connectivity index (χ2v) is 13.4. The highest BCUT2D eigenvalue weighted by atomic mass is 16.5. The van der Waals surface area contributed by atoms with E-state index >= 15 is 0 Å². The van der Waals surface area contributed by atoms with Gasteiger partial charge < -0.3 is 4.74 Å². The van der Waals surface area contributed by atoms with E-state index in [2.05, 4.69) is 20.8 Å². The molecule has 0 aromatic rings. The van der Waals surface area contributed by atoms with Gasteiger partial charge in [-0.3, -0.25) is 14.4 Å². The lowest BCUT2D eigenvalue weighted by atomic mass is 9.71. The Morgan fingerprint density at radius 1 is 0.756 bits per heavy atom. The van der Waals surface area contributed by atoms with E-state index in [1.807, 2.05) is 69.4 Å². The molecule has 0 unspecified atom stereocenters. The van der Waals surface area contributed by atoms with E-state index in [4.69, 9.17) is 4.74 Å². The lowest BCUT2D eigenvalue weighted by molar-refractivity contribution is -0.156. The molecule has 4 nitrogen and oxygen atoms in total. The predicted octanol–water partition coefficient (Wildman–Crippen LogP) is 11.4. The van der Waals surface area contributed by atoms with Gasteiger partial charge in [-0.05, 0) is 56.3 Å². The largest absolute Gasteiger partial charge is 0.454 e. The number of unbranched alkanes of at least 4 members (excludes halogenated alkanes) is 12. The van der Waals surface area contributed by atoms with Crippen LogP contribution in [0.2, 0.25) is 0 Å². The number of ketones is 1. The first kappa shape index (κ1) is 40.0. The third-order valence-corrected chi connectivity index (χ3v) is 8.50. The fourth-order valence-electron chi connectivity index (χ4n) is 5.63. The minimum atomic E-state index is -0.701. The molecular weight excluding hydrogens is 556 g/mol. The van der Waals surface area contributed by atoms with Crippen molar-refractivity contribution in [2.24, 2.45) is 5.41 Å². The lowest BCUT2D eigenvalue weighted by Crippen LogP contribution is -2.39. The number of hydrogen-bond acceptors (Lipinski definition) is 4. The molecule has 0 N–H and O–H groups in total. The van der Waals surface area contributed by atoms with Crippen LogP contribution in [0.1, 0.15) is 145 Å². The van der Waals surface area contributed by atoms with Crippen LogP contribution in [0.5, 0.6) is 0 Å². The molecule has 0 heterocycles. The van der Waals surface area contributed by atoms with Crippen molar-refractivity contribution in [1.82, 2.24) is 0 Å². The van der Waals surface area contributed by atoms with Gasteiger partial charge in [0.15, 0.2) is 11.9 Å². The highest BCUT2D eigenvalue weighted by molar-refractivity contribution is 6.01. The molecule has 0 spiro atoms. The molecule has 0 aromatic heterocycles. The maximum atomic E-state index is 13.2. The van der Waals surface area contributed by atoms with E-state index in [0.717, 1.165) is 42.3 Å². The first-order valence-electron chi connectivity index (χ1n) is 17.5. The topological polar surface area (TPSA) is 60.4 Å². The Morgan fingerprint density at radius 3 is 1.80 bits per heavy atom. The number of allylic oxidation sites excluding steroid dienone is 13. The van der Waals surface area contributed by atoms with Gasteiger partial charge in [0.25, 0.3) is 0 Å². The van der Waals surface area contributed by atoms with Crippen LogP contribution >= 0.6 is 0 Å². The summed E-state index contributed by atoms with van der Waals surface area (Å²) in [6, 6.07) is 0. The Morgan fingerprint density at radius 2 is 1.24 bits per heavy atom. The molecule has 45 heavy (non-hydrogen) atoms. The summed E-state index contributed by atoms with van der Waals surface area (Å²) in [5.41, 5.74) is 4.22. The molecule has 0 fully saturated rings. The van der Waals surface area contributed by atoms with Crippen molar-refractivity contribution in [3.05, 3.63) is 82.5 Å². The summed E-state index contributed by atoms with van der Waals surface area (Å²) in [5, 5.41) is 0. The quantitative estimate of drug-likeness (QED) is 0.0398. The van der Waals surface area contributed by atoms with Crippen LogP contribution in [-0.2, 0) is 19.1 Å². The SMILES string of the molecule is CCCCCCCCCCCCCCCC(=O)O[C@H]1CC(C)(C)C(C=CC(C)=CC=CC(C)=CC=CC=C(C)C=O)=C(C)C1=O. The zero-order chi connectivity index (χ0) is 33.5. The molecule has 0 saturated heterocycles. The van der Waals surface area contributed by atoms with Gasteiger partial charge in [0.1, 0.15) is 6.29 Å². The number of carbonyl (C=O) groups excluding carboxylic acids is 3. The minimum absolute atomic E-state index is 0.0822. The Bertz CT molecular complexity index is 1140. The lowest BCUT2D eigenvalue weighted by Gasteiger charge is -2.36. The second-order valence-electron chi connectivity index (χ2n) is 13.4. The van der Waals surface area contributed by atoms with Gasteiger partial charge in [-0.2, -0.15) is 0 Å². The van der Waals surface area contributed by atoms with Crippen LogP contribution in [0.3, 0.4) is 0 Å². The molecule has 0 radical (unpaired) electrons. The number of rotatable bonds is 22. The zero-order valence-electron chi connectivity index (χ0n) is 29.6. The van der Waals surface area contributed by atoms with Crippen molar-refractivity contribution in [1.29, 1.82) is 0 Å². The monoisotopic (exact) mass is 618 g/mol. The molecule has 4 heteroatoms. The number of carbonyl (C=O) groups is 3. The van der Waals surface area contributed by atoms with E-state index < -0.39 is 6.10 Å². The molecular formula is C41H62O4. The van der Waals surface area contributed by atoms with E-state index in [0.29, 0.717) is 24.0 Å². The van der Waals surface area contributed by atoms with Crippen molar-refractivity contribution < 1.29 is 19.1 Å². The van der Waals surface area contributed by atoms with Gasteiger partial charge in [0.05, 0.1) is 0 Å². The van der Waals surface area contributed by atoms with Crippen molar-refractivity contribution in [2.45, 2.75) is 151 Å². The van der Waals surface area contributed by atoms with Crippen molar-refractivity contribution in [2.75, 3.05) is 0 Å². The number of ether oxygens (including phenoxy) is 1. The van der Waals surface area contributed by atoms with Gasteiger partial charge >= 0.3 is 5.97 Å². The average molecular weight is 619 g/mol. The van der Waals surface area contributed by atoms with Gasteiger partial charge in [-0.25, -0.2) is 0 Å². The number of hydrogen-bond donors (Lipinski definition) is 0. The Balaban J connectivity index is 2.50. The van der Waals surface area contributed by atoms with Crippen LogP contribution in [0.15, 0.2) is 82.5 Å². The van der Waals surface area contributed by atoms with Gasteiger partial charge in [0, 0.05) is 12.8 Å². The maximum absolute atomic E-state index is 13.2. The fourth-order valence-corrected chi connectivity index (χ4v) is 5.63. The summed E-state index contributed by atoms with van der Waals surface area (Å²) in [6.45, 7) is 14.2. The molecule has 0 aromatic carbocycles. The first-order valence-corrected chi connectivity index (χ1v) is 17.5. The Labute approximate surface area is 275 Å². The van der Waals surface area contributed by atoms with E-state index in [1.165, 1.54) is 64.2 Å². The summed E-state index contributed by atoms with van der Waals surface area (Å²) in [4.78, 5) is 36.4. The van der Waals surface area contributed by atoms with Crippen LogP contribution < -0.4 is 0 Å². The number of aldehydes is 1. The van der Waals surface area contributed by atoms with Crippen molar-refractivity contribution >= 4 is 18.0 Å². The van der Waals surface area contributed by atoms with E-state index in [9.17, 15) is 14.4 Å². The molecule has 1 rings (SSSR count). The predicted molar refractivity (Wildman–Crippen MR) is 191 cm³/mol. The Kier molecular flexibility index (Phi) is 20.8. The van der Waals surface area contributed by atoms with E-state index in [-0.39, 0.29) is 17.2 Å². The summed E-state index contributed by atoms with van der Waals surface area (Å²) in [5.74, 6) is -0.335. The van der Waals surface area contributed by atoms with Crippen LogP contribution in [0, 0.1) is 5.41 Å². The summed E-state index contributed by atoms with van der Waals surface area (Å²) >= 11 is 0. The fraction of sp³-hybridized carbons (Fsp3) is 0.585. The number of esters is 1. The normalized spacial score (nSPS) is 18.2. The molecule has 0 bridgehead atoms. The Hall–Kier alpha value is -3.01. The van der Waals surface area contributed by atoms with Crippen LogP contribution in [-0.4, -0.2) is 24.1 Å². The van der Waals surface area contributed by atoms with Crippen LogP contribution in [0.4, 0.5) is 0 Å². The number of Topliss-reactive ketones (excluding diaryl/α,β-unsaturated/α-hetero) is 1.